The van der Waals surface area contributed by atoms with Gasteiger partial charge in [-0.1, -0.05) is 103 Å². The molecule has 2 rings (SSSR count). The summed E-state index contributed by atoms with van der Waals surface area (Å²) in [6.07, 6.45) is 25.8. The van der Waals surface area contributed by atoms with E-state index >= 15 is 0 Å². The maximum atomic E-state index is 13.8. The van der Waals surface area contributed by atoms with Crippen LogP contribution in [0.25, 0.3) is 11.2 Å². The molecule has 1 unspecified atom stereocenters. The third-order valence-corrected chi connectivity index (χ3v) is 7.58. The number of hydrogen-bond donors (Lipinski definition) is 3. The summed E-state index contributed by atoms with van der Waals surface area (Å²) in [4.78, 5) is 33.6. The maximum Gasteiger partial charge on any atom is 0.312 e. The van der Waals surface area contributed by atoms with Crippen molar-refractivity contribution >= 4 is 28.9 Å². The highest BCUT2D eigenvalue weighted by molar-refractivity contribution is 5.96. The van der Waals surface area contributed by atoms with Gasteiger partial charge in [0.15, 0.2) is 22.6 Å². The molecule has 0 aromatic carbocycles. The molecule has 1 amide bonds. The zero-order valence-electron chi connectivity index (χ0n) is 27.1. The van der Waals surface area contributed by atoms with Crippen LogP contribution < -0.4 is 5.32 Å². The molecule has 1 atom stereocenters. The minimum Gasteiger partial charge on any atom is -0.481 e. The van der Waals surface area contributed by atoms with E-state index in [4.69, 9.17) is 16.3 Å². The minimum absolute atomic E-state index is 0.0248. The Morgan fingerprint density at radius 3 is 2.00 bits per heavy atom. The van der Waals surface area contributed by atoms with Gasteiger partial charge in [-0.15, -0.1) is 6.42 Å². The van der Waals surface area contributed by atoms with Gasteiger partial charge in [-0.25, -0.2) is 4.98 Å². The van der Waals surface area contributed by atoms with E-state index in [2.05, 4.69) is 33.1 Å². The van der Waals surface area contributed by atoms with Crippen molar-refractivity contribution < 1.29 is 28.9 Å². The number of aryl methyl sites for hydroxylation is 1. The number of aliphatic hydroxyl groups excluding tert-OH is 1. The fourth-order valence-electron chi connectivity index (χ4n) is 4.78. The second-order valence-electron chi connectivity index (χ2n) is 11.2. The van der Waals surface area contributed by atoms with Gasteiger partial charge in [-0.3, -0.25) is 9.59 Å². The predicted octanol–water partition coefficient (Wildman–Crippen LogP) is 7.05. The van der Waals surface area contributed by atoms with E-state index in [1.807, 2.05) is 6.92 Å². The number of aliphatic carboxylic acids is 1. The van der Waals surface area contributed by atoms with Crippen LogP contribution in [0.2, 0.25) is 0 Å². The van der Waals surface area contributed by atoms with Crippen molar-refractivity contribution in [2.45, 2.75) is 142 Å². The number of fused-ring (bicyclic) bond motifs is 1. The molecular formula is C33H54FN5O5. The smallest absolute Gasteiger partial charge is 0.312 e. The van der Waals surface area contributed by atoms with Crippen LogP contribution in [-0.4, -0.2) is 60.9 Å². The lowest BCUT2D eigenvalue weighted by Crippen LogP contribution is -2.35. The number of unbranched alkanes of at least 4 members (excludes halogenated alkanes) is 13. The molecule has 11 heteroatoms. The van der Waals surface area contributed by atoms with Crippen molar-refractivity contribution in [2.24, 2.45) is 0 Å². The summed E-state index contributed by atoms with van der Waals surface area (Å²) in [5.74, 6) is 1.51. The number of hydrogen-bond acceptors (Lipinski definition) is 7. The lowest BCUT2D eigenvalue weighted by atomic mass is 10.0. The number of carboxylic acid groups (broad SMARTS) is 1. The molecule has 0 saturated carbocycles. The zero-order valence-corrected chi connectivity index (χ0v) is 27.1. The summed E-state index contributed by atoms with van der Waals surface area (Å²) < 4.78 is 20.5. The fraction of sp³-hybridized carbons (Fsp3) is 0.727. The first-order valence-corrected chi connectivity index (χ1v) is 16.3. The number of carbonyl (C=O) groups is 2. The largest absolute Gasteiger partial charge is 0.481 e. The molecule has 0 bridgehead atoms. The van der Waals surface area contributed by atoms with E-state index in [0.29, 0.717) is 19.3 Å². The second-order valence-corrected chi connectivity index (χ2v) is 11.2. The van der Waals surface area contributed by atoms with E-state index in [0.717, 1.165) is 12.8 Å². The molecule has 0 saturated heterocycles. The number of carbonyl (C=O) groups excluding carboxylic acids is 1. The topological polar surface area (TPSA) is 139 Å². The number of aromatic nitrogens is 4. The molecule has 10 nitrogen and oxygen atoms in total. The Kier molecular flexibility index (Phi) is 20.6. The first kappa shape index (κ1) is 38.9. The third kappa shape index (κ3) is 15.6. The summed E-state index contributed by atoms with van der Waals surface area (Å²) >= 11 is 0. The summed E-state index contributed by atoms with van der Waals surface area (Å²) in [6, 6.07) is 0. The fourth-order valence-corrected chi connectivity index (χ4v) is 4.78. The normalized spacial score (nSPS) is 12.3. The molecule has 0 aliphatic carbocycles. The number of amides is 1. The van der Waals surface area contributed by atoms with Crippen LogP contribution in [-0.2, 0) is 20.9 Å². The molecule has 3 N–H and O–H groups in total. The standard InChI is InChI=1S/C17H34O2.C16H20FN5O3/c1-2-3-4-5-6-7-8-9-10-11-12-13-14-15-16-17(18)19;1-4-6-11(24)19-13-12-14(21-15(17)20-13)22(10-18-12)8-7-16(5-2,9-23)25-3/h2-16H2,1H3,(H,18,19);2,10,23H,4,6-9H2,1,3H3,(H,19,20,21,24). The lowest BCUT2D eigenvalue weighted by Gasteiger charge is -2.24. The molecule has 248 valence electrons. The second kappa shape index (κ2) is 23.3. The van der Waals surface area contributed by atoms with E-state index < -0.39 is 17.6 Å². The maximum absolute atomic E-state index is 13.8. The Morgan fingerprint density at radius 2 is 1.52 bits per heavy atom. The number of ether oxygens (including phenoxy) is 1. The molecule has 2 aromatic heterocycles. The minimum atomic E-state index is -1.14. The van der Waals surface area contributed by atoms with Crippen LogP contribution in [0.3, 0.4) is 0 Å². The van der Waals surface area contributed by atoms with Crippen LogP contribution in [0.1, 0.15) is 129 Å². The first-order chi connectivity index (χ1) is 21.2. The highest BCUT2D eigenvalue weighted by Gasteiger charge is 2.26. The van der Waals surface area contributed by atoms with Crippen LogP contribution in [0, 0.1) is 18.4 Å². The van der Waals surface area contributed by atoms with E-state index in [9.17, 15) is 19.1 Å². The summed E-state index contributed by atoms with van der Waals surface area (Å²) in [5, 5.41) is 20.5. The molecule has 0 aliphatic heterocycles. The molecule has 44 heavy (non-hydrogen) atoms. The summed E-state index contributed by atoms with van der Waals surface area (Å²) in [5.41, 5.74) is -0.641. The van der Waals surface area contributed by atoms with Crippen molar-refractivity contribution in [1.82, 2.24) is 19.5 Å². The molecule has 0 spiro atoms. The van der Waals surface area contributed by atoms with Crippen molar-refractivity contribution in [3.05, 3.63) is 12.4 Å². The van der Waals surface area contributed by atoms with Crippen molar-refractivity contribution in [2.75, 3.05) is 19.0 Å². The lowest BCUT2D eigenvalue weighted by molar-refractivity contribution is -0.137. The highest BCUT2D eigenvalue weighted by Crippen LogP contribution is 2.22. The Hall–Kier alpha value is -3.10. The van der Waals surface area contributed by atoms with Crippen molar-refractivity contribution in [3.63, 3.8) is 0 Å². The number of imidazole rings is 1. The van der Waals surface area contributed by atoms with Gasteiger partial charge in [0.2, 0.25) is 5.91 Å². The summed E-state index contributed by atoms with van der Waals surface area (Å²) in [7, 11) is 1.41. The Bertz CT molecular complexity index is 1130. The van der Waals surface area contributed by atoms with Gasteiger partial charge in [0.25, 0.3) is 0 Å². The number of methoxy groups -OCH3 is 1. The van der Waals surface area contributed by atoms with Gasteiger partial charge in [-0.05, 0) is 12.8 Å². The predicted molar refractivity (Wildman–Crippen MR) is 172 cm³/mol. The number of aliphatic hydroxyl groups is 1. The van der Waals surface area contributed by atoms with Gasteiger partial charge in [-0.2, -0.15) is 14.4 Å². The Labute approximate surface area is 262 Å². The average Bonchev–Trinajstić information content (AvgIpc) is 3.41. The monoisotopic (exact) mass is 619 g/mol. The van der Waals surface area contributed by atoms with Crippen LogP contribution in [0.15, 0.2) is 6.33 Å². The third-order valence-electron chi connectivity index (χ3n) is 7.58. The molecular weight excluding hydrogens is 565 g/mol. The Morgan fingerprint density at radius 1 is 0.955 bits per heavy atom. The molecule has 0 radical (unpaired) electrons. The number of nitrogens with one attached hydrogen (secondary N) is 1. The van der Waals surface area contributed by atoms with Crippen LogP contribution >= 0.6 is 0 Å². The Balaban J connectivity index is 0.000000459. The van der Waals surface area contributed by atoms with Gasteiger partial charge in [0.05, 0.1) is 12.9 Å². The van der Waals surface area contributed by atoms with Crippen LogP contribution in [0.4, 0.5) is 10.2 Å². The average molecular weight is 620 g/mol. The number of terminal acetylenes is 1. The van der Waals surface area contributed by atoms with Gasteiger partial charge in [0, 0.05) is 32.9 Å². The molecule has 2 aromatic rings. The quantitative estimate of drug-likeness (QED) is 0.0683. The molecule has 0 aliphatic rings. The van der Waals surface area contributed by atoms with Crippen molar-refractivity contribution in [1.29, 1.82) is 0 Å². The van der Waals surface area contributed by atoms with E-state index in [-0.39, 0.29) is 42.5 Å². The zero-order chi connectivity index (χ0) is 32.6. The molecule has 0 fully saturated rings. The van der Waals surface area contributed by atoms with Crippen molar-refractivity contribution in [3.8, 4) is 12.3 Å². The number of rotatable bonds is 23. The SMILES string of the molecule is C#CC(CO)(CCn1cnc2c(NC(=O)CCC)nc(F)nc21)OC.CCCCCCCCCCCCCCCCC(=O)O. The van der Waals surface area contributed by atoms with Gasteiger partial charge in [0.1, 0.15) is 0 Å². The number of nitrogens with zero attached hydrogens (tertiary/aromatic N) is 4. The number of anilines is 1. The van der Waals surface area contributed by atoms with Crippen LogP contribution in [0.5, 0.6) is 0 Å². The summed E-state index contributed by atoms with van der Waals surface area (Å²) in [6.45, 7) is 4.06. The number of carboxylic acids is 1. The van der Waals surface area contributed by atoms with Gasteiger partial charge < -0.3 is 24.8 Å². The first-order valence-electron chi connectivity index (χ1n) is 16.3. The van der Waals surface area contributed by atoms with Gasteiger partial charge >= 0.3 is 12.0 Å². The van der Waals surface area contributed by atoms with E-state index in [1.54, 1.807) is 4.57 Å². The highest BCUT2D eigenvalue weighted by atomic mass is 19.1. The van der Waals surface area contributed by atoms with E-state index in [1.165, 1.54) is 90.5 Å². The number of halogens is 1. The molecule has 2 heterocycles.